The number of hydrogen-bond donors (Lipinski definition) is 2. The van der Waals surface area contributed by atoms with Crippen LogP contribution in [0, 0.1) is 0 Å². The van der Waals surface area contributed by atoms with Crippen molar-refractivity contribution in [1.82, 2.24) is 4.98 Å². The van der Waals surface area contributed by atoms with Crippen molar-refractivity contribution in [3.8, 4) is 0 Å². The molecule has 0 unspecified atom stereocenters. The number of nitrogens with two attached hydrogens (primary N) is 1. The van der Waals surface area contributed by atoms with E-state index < -0.39 is 0 Å². The second-order valence-electron chi connectivity index (χ2n) is 6.57. The number of benzene rings is 1. The quantitative estimate of drug-likeness (QED) is 0.364. The van der Waals surface area contributed by atoms with Crippen molar-refractivity contribution in [3.63, 3.8) is 0 Å². The zero-order chi connectivity index (χ0) is 19.1. The number of para-hydroxylation sites is 1. The Balaban J connectivity index is 0.00000280. The topological polar surface area (TPSA) is 75.8 Å². The van der Waals surface area contributed by atoms with Crippen molar-refractivity contribution >= 4 is 41.4 Å². The van der Waals surface area contributed by atoms with Crippen LogP contribution in [-0.2, 0) is 24.1 Å². The number of aliphatic imine (C=N–C) groups is 1. The van der Waals surface area contributed by atoms with Gasteiger partial charge in [0.25, 0.3) is 0 Å². The molecule has 2 aromatic rings. The number of nitrogens with one attached hydrogen (secondary N) is 1. The molecule has 0 radical (unpaired) electrons. The van der Waals surface area contributed by atoms with Crippen LogP contribution in [0.25, 0.3) is 0 Å². The molecule has 0 saturated carbocycles. The van der Waals surface area contributed by atoms with Crippen LogP contribution in [0.5, 0.6) is 0 Å². The Kier molecular flexibility index (Phi) is 8.98. The third-order valence-electron chi connectivity index (χ3n) is 4.85. The summed E-state index contributed by atoms with van der Waals surface area (Å²) < 4.78 is 5.44. The van der Waals surface area contributed by atoms with Crippen LogP contribution in [0.2, 0.25) is 0 Å². The average Bonchev–Trinajstić information content (AvgIpc) is 2.73. The molecule has 1 aromatic heterocycles. The number of aryl methyl sites for hydroxylation is 2. The monoisotopic (exact) mass is 495 g/mol. The molecule has 1 fully saturated rings. The van der Waals surface area contributed by atoms with Gasteiger partial charge in [-0.3, -0.25) is 0 Å². The van der Waals surface area contributed by atoms with E-state index in [4.69, 9.17) is 10.5 Å². The lowest BCUT2D eigenvalue weighted by Crippen LogP contribution is -2.37. The van der Waals surface area contributed by atoms with E-state index in [0.717, 1.165) is 56.2 Å². The van der Waals surface area contributed by atoms with Gasteiger partial charge in [-0.1, -0.05) is 38.1 Å². The maximum atomic E-state index is 6.21. The molecule has 28 heavy (non-hydrogen) atoms. The third kappa shape index (κ3) is 5.57. The zero-order valence-electron chi connectivity index (χ0n) is 16.6. The number of ether oxygens (including phenoxy) is 1. The summed E-state index contributed by atoms with van der Waals surface area (Å²) in [5, 5.41) is 3.32. The van der Waals surface area contributed by atoms with E-state index in [0.29, 0.717) is 12.5 Å². The van der Waals surface area contributed by atoms with Gasteiger partial charge in [0.1, 0.15) is 5.82 Å². The van der Waals surface area contributed by atoms with Crippen molar-refractivity contribution in [3.05, 3.63) is 53.2 Å². The van der Waals surface area contributed by atoms with Gasteiger partial charge in [-0.2, -0.15) is 0 Å². The lowest BCUT2D eigenvalue weighted by Gasteiger charge is -2.29. The van der Waals surface area contributed by atoms with Gasteiger partial charge in [-0.15, -0.1) is 24.0 Å². The number of nitrogens with zero attached hydrogens (tertiary/aromatic N) is 3. The van der Waals surface area contributed by atoms with E-state index in [9.17, 15) is 0 Å². The molecular formula is C21H30IN5O. The SMILES string of the molecule is CCc1cccc(CC)c1NC(N)=NCc1cccnc1N1CCOCC1.I. The summed E-state index contributed by atoms with van der Waals surface area (Å²) in [5.41, 5.74) is 10.9. The highest BCUT2D eigenvalue weighted by atomic mass is 127. The second-order valence-corrected chi connectivity index (χ2v) is 6.57. The molecule has 3 rings (SSSR count). The summed E-state index contributed by atoms with van der Waals surface area (Å²) in [6, 6.07) is 10.4. The van der Waals surface area contributed by atoms with E-state index in [2.05, 4.69) is 58.3 Å². The Morgan fingerprint density at radius 1 is 1.11 bits per heavy atom. The molecule has 1 aliphatic heterocycles. The van der Waals surface area contributed by atoms with Gasteiger partial charge in [-0.05, 0) is 30.0 Å². The van der Waals surface area contributed by atoms with E-state index in [1.165, 1.54) is 11.1 Å². The normalized spacial score (nSPS) is 14.5. The fraction of sp³-hybridized carbons (Fsp3) is 0.429. The highest BCUT2D eigenvalue weighted by molar-refractivity contribution is 14.0. The number of hydrogen-bond acceptors (Lipinski definition) is 4. The van der Waals surface area contributed by atoms with Gasteiger partial charge in [0, 0.05) is 30.5 Å². The largest absolute Gasteiger partial charge is 0.378 e. The fourth-order valence-corrected chi connectivity index (χ4v) is 3.35. The molecule has 1 aromatic carbocycles. The van der Waals surface area contributed by atoms with E-state index in [1.54, 1.807) is 0 Å². The molecule has 2 heterocycles. The Bertz CT molecular complexity index is 768. The Labute approximate surface area is 184 Å². The van der Waals surface area contributed by atoms with Crippen LogP contribution < -0.4 is 16.0 Å². The van der Waals surface area contributed by atoms with Crippen molar-refractivity contribution < 1.29 is 4.74 Å². The van der Waals surface area contributed by atoms with Crippen LogP contribution in [0.4, 0.5) is 11.5 Å². The maximum absolute atomic E-state index is 6.21. The summed E-state index contributed by atoms with van der Waals surface area (Å²) in [6.45, 7) is 7.97. The summed E-state index contributed by atoms with van der Waals surface area (Å²) in [6.07, 6.45) is 3.73. The molecule has 3 N–H and O–H groups in total. The molecule has 6 nitrogen and oxygen atoms in total. The van der Waals surface area contributed by atoms with Crippen LogP contribution >= 0.6 is 24.0 Å². The molecule has 7 heteroatoms. The molecular weight excluding hydrogens is 465 g/mol. The Morgan fingerprint density at radius 2 is 1.75 bits per heavy atom. The number of halogens is 1. The third-order valence-corrected chi connectivity index (χ3v) is 4.85. The van der Waals surface area contributed by atoms with Crippen LogP contribution in [-0.4, -0.2) is 37.2 Å². The van der Waals surface area contributed by atoms with Crippen LogP contribution in [0.3, 0.4) is 0 Å². The maximum Gasteiger partial charge on any atom is 0.193 e. The van der Waals surface area contributed by atoms with Gasteiger partial charge >= 0.3 is 0 Å². The van der Waals surface area contributed by atoms with Gasteiger partial charge in [0.2, 0.25) is 0 Å². The van der Waals surface area contributed by atoms with Crippen molar-refractivity contribution in [2.24, 2.45) is 10.7 Å². The molecule has 0 spiro atoms. The minimum absolute atomic E-state index is 0. The van der Waals surface area contributed by atoms with E-state index in [-0.39, 0.29) is 24.0 Å². The van der Waals surface area contributed by atoms with Crippen molar-refractivity contribution in [2.75, 3.05) is 36.5 Å². The summed E-state index contributed by atoms with van der Waals surface area (Å²) in [5.74, 6) is 1.41. The molecule has 0 amide bonds. The fourth-order valence-electron chi connectivity index (χ4n) is 3.35. The molecule has 0 aliphatic carbocycles. The average molecular weight is 495 g/mol. The minimum atomic E-state index is 0. The lowest BCUT2D eigenvalue weighted by atomic mass is 10.0. The molecule has 0 bridgehead atoms. The van der Waals surface area contributed by atoms with Gasteiger partial charge in [0.05, 0.1) is 19.8 Å². The van der Waals surface area contributed by atoms with E-state index >= 15 is 0 Å². The number of morpholine rings is 1. The summed E-state index contributed by atoms with van der Waals surface area (Å²) in [4.78, 5) is 11.4. The second kappa shape index (κ2) is 11.2. The molecule has 0 atom stereocenters. The number of pyridine rings is 1. The predicted molar refractivity (Wildman–Crippen MR) is 127 cm³/mol. The highest BCUT2D eigenvalue weighted by Gasteiger charge is 2.15. The first kappa shape index (κ1) is 22.4. The number of aromatic nitrogens is 1. The van der Waals surface area contributed by atoms with Crippen molar-refractivity contribution in [2.45, 2.75) is 33.2 Å². The molecule has 152 valence electrons. The predicted octanol–water partition coefficient (Wildman–Crippen LogP) is 3.59. The number of rotatable bonds is 6. The van der Waals surface area contributed by atoms with Crippen LogP contribution in [0.1, 0.15) is 30.5 Å². The molecule has 1 saturated heterocycles. The smallest absolute Gasteiger partial charge is 0.193 e. The first-order valence-corrected chi connectivity index (χ1v) is 9.67. The summed E-state index contributed by atoms with van der Waals surface area (Å²) in [7, 11) is 0. The first-order valence-electron chi connectivity index (χ1n) is 9.67. The standard InChI is InChI=1S/C21H29N5O.HI/c1-3-16-7-5-8-17(4-2)19(16)25-21(22)24-15-18-9-6-10-23-20(18)26-11-13-27-14-12-26;/h5-10H,3-4,11-15H2,1-2H3,(H3,22,24,25);1H. The van der Waals surface area contributed by atoms with Gasteiger partial charge in [0.15, 0.2) is 5.96 Å². The highest BCUT2D eigenvalue weighted by Crippen LogP contribution is 2.23. The first-order chi connectivity index (χ1) is 13.2. The Hall–Kier alpha value is -1.87. The van der Waals surface area contributed by atoms with Gasteiger partial charge in [-0.25, -0.2) is 9.98 Å². The number of anilines is 2. The minimum Gasteiger partial charge on any atom is -0.378 e. The van der Waals surface area contributed by atoms with Gasteiger partial charge < -0.3 is 20.7 Å². The molecule has 1 aliphatic rings. The lowest BCUT2D eigenvalue weighted by molar-refractivity contribution is 0.122. The Morgan fingerprint density at radius 3 is 2.39 bits per heavy atom. The van der Waals surface area contributed by atoms with E-state index in [1.807, 2.05) is 12.3 Å². The zero-order valence-corrected chi connectivity index (χ0v) is 19.0. The number of guanidine groups is 1. The summed E-state index contributed by atoms with van der Waals surface area (Å²) >= 11 is 0. The van der Waals surface area contributed by atoms with Crippen molar-refractivity contribution in [1.29, 1.82) is 0 Å². The van der Waals surface area contributed by atoms with Crippen LogP contribution in [0.15, 0.2) is 41.5 Å².